The zero-order valence-corrected chi connectivity index (χ0v) is 33.5. The fourth-order valence-electron chi connectivity index (χ4n) is 6.90. The smallest absolute Gasteiger partial charge is 0.407 e. The SMILES string of the molecule is COC(=O)NC(C(=O)N1CC=C[C@H]1c1ncc(-c2cc3sc(-c4ccc(-c5cnc([C@@H]6C=CCN6C(=O)[C@@H](NC(=O)OC)C(C)C)[nH]5)cc4)cc3s2)[nH]1)C(C)C. The van der Waals surface area contributed by atoms with E-state index < -0.39 is 24.3 Å². The van der Waals surface area contributed by atoms with Gasteiger partial charge in [-0.25, -0.2) is 19.6 Å². The highest BCUT2D eigenvalue weighted by Gasteiger charge is 2.37. The van der Waals surface area contributed by atoms with Crippen molar-refractivity contribution in [2.75, 3.05) is 27.3 Å². The number of aromatic amines is 2. The molecule has 2 aliphatic rings. The number of thiophene rings is 2. The average Bonchev–Trinajstić information content (AvgIpc) is 4.04. The monoisotopic (exact) mass is 796 g/mol. The number of amides is 4. The highest BCUT2D eigenvalue weighted by Crippen LogP contribution is 2.42. The Morgan fingerprint density at radius 1 is 0.696 bits per heavy atom. The number of fused-ring (bicyclic) bond motifs is 1. The number of benzene rings is 1. The number of hydrogen-bond donors (Lipinski definition) is 4. The molecule has 4 N–H and O–H groups in total. The molecule has 4 amide bonds. The summed E-state index contributed by atoms with van der Waals surface area (Å²) >= 11 is 3.39. The first-order valence-electron chi connectivity index (χ1n) is 18.3. The molecule has 0 spiro atoms. The highest BCUT2D eigenvalue weighted by atomic mass is 32.1. The van der Waals surface area contributed by atoms with Crippen LogP contribution in [0.4, 0.5) is 9.59 Å². The lowest BCUT2D eigenvalue weighted by Gasteiger charge is -2.29. The summed E-state index contributed by atoms with van der Waals surface area (Å²) in [7, 11) is 2.56. The van der Waals surface area contributed by atoms with E-state index in [2.05, 4.69) is 67.0 Å². The van der Waals surface area contributed by atoms with E-state index in [0.29, 0.717) is 24.7 Å². The molecule has 16 heteroatoms. The standard InChI is InChI=1S/C40H44N8O6S2/c1-21(2)33(45-39(51)53-5)37(49)47-15-7-9-27(47)35-41-19-25(43-35)23-11-13-24(14-12-23)29-17-31-32(55-29)18-30(56-31)26-20-42-36(44-26)28-10-8-16-48(28)38(50)34(22(3)4)46-40(52)54-6/h7-14,17-22,27-28,33-34H,15-16H2,1-6H3,(H,41,43)(H,42,44)(H,45,51)(H,46,52)/t27-,28-,33-,34?/m0/s1. The van der Waals surface area contributed by atoms with Gasteiger partial charge in [-0.15, -0.1) is 22.7 Å². The summed E-state index contributed by atoms with van der Waals surface area (Å²) in [6.07, 6.45) is 10.1. The number of nitrogens with zero attached hydrogens (tertiary/aromatic N) is 4. The molecule has 0 fully saturated rings. The Kier molecular flexibility index (Phi) is 11.1. The van der Waals surface area contributed by atoms with E-state index >= 15 is 0 Å². The Balaban J connectivity index is 1.02. The first kappa shape index (κ1) is 38.5. The van der Waals surface area contributed by atoms with Crippen LogP contribution in [0.15, 0.2) is 73.1 Å². The maximum Gasteiger partial charge on any atom is 0.407 e. The third-order valence-electron chi connectivity index (χ3n) is 9.97. The van der Waals surface area contributed by atoms with Gasteiger partial charge in [-0.1, -0.05) is 76.3 Å². The molecule has 14 nitrogen and oxygen atoms in total. The zero-order chi connectivity index (χ0) is 39.7. The van der Waals surface area contributed by atoms with Gasteiger partial charge in [0.1, 0.15) is 35.8 Å². The van der Waals surface area contributed by atoms with E-state index in [0.717, 1.165) is 41.7 Å². The van der Waals surface area contributed by atoms with Crippen LogP contribution in [0.1, 0.15) is 51.4 Å². The normalized spacial score (nSPS) is 17.6. The van der Waals surface area contributed by atoms with Gasteiger partial charge in [0.2, 0.25) is 11.8 Å². The lowest BCUT2D eigenvalue weighted by atomic mass is 10.0. The van der Waals surface area contributed by atoms with Crippen LogP contribution in [-0.4, -0.2) is 93.1 Å². The molecule has 0 saturated carbocycles. The van der Waals surface area contributed by atoms with Crippen LogP contribution in [0.5, 0.6) is 0 Å². The quantitative estimate of drug-likeness (QED) is 0.103. The minimum atomic E-state index is -0.726. The number of imidazole rings is 2. The Bertz CT molecular complexity index is 2270. The Morgan fingerprint density at radius 3 is 1.64 bits per heavy atom. The second kappa shape index (κ2) is 16.2. The first-order valence-corrected chi connectivity index (χ1v) is 20.0. The van der Waals surface area contributed by atoms with Gasteiger partial charge >= 0.3 is 12.2 Å². The molecule has 0 saturated heterocycles. The van der Waals surface area contributed by atoms with E-state index in [1.165, 1.54) is 14.2 Å². The summed E-state index contributed by atoms with van der Waals surface area (Å²) in [4.78, 5) is 72.6. The Morgan fingerprint density at radius 2 is 1.14 bits per heavy atom. The van der Waals surface area contributed by atoms with Crippen molar-refractivity contribution < 1.29 is 28.7 Å². The molecule has 56 heavy (non-hydrogen) atoms. The molecular weight excluding hydrogens is 753 g/mol. The summed E-state index contributed by atoms with van der Waals surface area (Å²) in [6.45, 7) is 8.37. The molecule has 5 aromatic rings. The molecule has 1 aromatic carbocycles. The van der Waals surface area contributed by atoms with Crippen LogP contribution < -0.4 is 10.6 Å². The van der Waals surface area contributed by atoms with Crippen molar-refractivity contribution in [2.24, 2.45) is 11.8 Å². The minimum absolute atomic E-state index is 0.129. The molecule has 0 aliphatic carbocycles. The van der Waals surface area contributed by atoms with Gasteiger partial charge in [-0.2, -0.15) is 0 Å². The van der Waals surface area contributed by atoms with Gasteiger partial charge in [0, 0.05) is 27.4 Å². The van der Waals surface area contributed by atoms with Crippen LogP contribution in [0.3, 0.4) is 0 Å². The maximum absolute atomic E-state index is 13.5. The van der Waals surface area contributed by atoms with Crippen molar-refractivity contribution >= 4 is 56.1 Å². The number of rotatable bonds is 11. The molecule has 4 atom stereocenters. The largest absolute Gasteiger partial charge is 0.453 e. The number of aromatic nitrogens is 4. The highest BCUT2D eigenvalue weighted by molar-refractivity contribution is 7.31. The van der Waals surface area contributed by atoms with Crippen LogP contribution in [-0.2, 0) is 19.1 Å². The molecular formula is C40H44N8O6S2. The fraction of sp³-hybridized carbons (Fsp3) is 0.350. The minimum Gasteiger partial charge on any atom is -0.453 e. The second-order valence-corrected chi connectivity index (χ2v) is 16.5. The number of H-pyrrole nitrogens is 2. The molecule has 1 unspecified atom stereocenters. The first-order chi connectivity index (χ1) is 26.9. The summed E-state index contributed by atoms with van der Waals surface area (Å²) in [5, 5.41) is 5.34. The van der Waals surface area contributed by atoms with Crippen LogP contribution >= 0.6 is 22.7 Å². The van der Waals surface area contributed by atoms with Gasteiger partial charge < -0.3 is 39.9 Å². The third-order valence-corrected chi connectivity index (χ3v) is 12.3. The second-order valence-electron chi connectivity index (χ2n) is 14.3. The molecule has 2 aliphatic heterocycles. The number of ether oxygens (including phenoxy) is 2. The average molecular weight is 797 g/mol. The molecule has 0 bridgehead atoms. The van der Waals surface area contributed by atoms with Gasteiger partial charge in [0.05, 0.1) is 42.9 Å². The van der Waals surface area contributed by atoms with Crippen molar-refractivity contribution in [1.29, 1.82) is 0 Å². The van der Waals surface area contributed by atoms with Crippen molar-refractivity contribution in [2.45, 2.75) is 51.9 Å². The van der Waals surface area contributed by atoms with Crippen molar-refractivity contribution in [3.8, 4) is 32.3 Å². The van der Waals surface area contributed by atoms with Crippen molar-refractivity contribution in [3.63, 3.8) is 0 Å². The Hall–Kier alpha value is -5.74. The summed E-state index contributed by atoms with van der Waals surface area (Å²) in [6, 6.07) is 10.5. The molecule has 6 heterocycles. The van der Waals surface area contributed by atoms with E-state index in [-0.39, 0.29) is 35.7 Å². The van der Waals surface area contributed by atoms with Gasteiger partial charge in [0.25, 0.3) is 0 Å². The van der Waals surface area contributed by atoms with Gasteiger partial charge in [-0.05, 0) is 35.1 Å². The fourth-order valence-corrected chi connectivity index (χ4v) is 9.27. The van der Waals surface area contributed by atoms with Crippen molar-refractivity contribution in [1.82, 2.24) is 40.4 Å². The number of methoxy groups -OCH3 is 2. The number of nitrogens with one attached hydrogen (secondary N) is 4. The van der Waals surface area contributed by atoms with E-state index in [1.54, 1.807) is 44.9 Å². The van der Waals surface area contributed by atoms with Crippen LogP contribution in [0.25, 0.3) is 41.7 Å². The Labute approximate surface area is 332 Å². The molecule has 292 valence electrons. The number of carbonyl (C=O) groups excluding carboxylic acids is 4. The van der Waals surface area contributed by atoms with Crippen LogP contribution in [0.2, 0.25) is 0 Å². The molecule has 4 aromatic heterocycles. The lowest BCUT2D eigenvalue weighted by Crippen LogP contribution is -2.51. The number of carbonyl (C=O) groups is 4. The van der Waals surface area contributed by atoms with Gasteiger partial charge in [-0.3, -0.25) is 9.59 Å². The van der Waals surface area contributed by atoms with Gasteiger partial charge in [0.15, 0.2) is 0 Å². The maximum atomic E-state index is 13.5. The topological polar surface area (TPSA) is 175 Å². The van der Waals surface area contributed by atoms with E-state index in [1.807, 2.05) is 52.0 Å². The summed E-state index contributed by atoms with van der Waals surface area (Å²) in [5.74, 6) is 0.642. The molecule has 0 radical (unpaired) electrons. The summed E-state index contributed by atoms with van der Waals surface area (Å²) < 4.78 is 11.8. The lowest BCUT2D eigenvalue weighted by molar-refractivity contribution is -0.135. The summed E-state index contributed by atoms with van der Waals surface area (Å²) in [5.41, 5.74) is 3.77. The predicted molar refractivity (Wildman–Crippen MR) is 216 cm³/mol. The molecule has 7 rings (SSSR count). The number of hydrogen-bond acceptors (Lipinski definition) is 10. The van der Waals surface area contributed by atoms with E-state index in [4.69, 9.17) is 9.47 Å². The zero-order valence-electron chi connectivity index (χ0n) is 31.9. The van der Waals surface area contributed by atoms with Crippen LogP contribution in [0, 0.1) is 11.8 Å². The number of alkyl carbamates (subject to hydrolysis) is 2. The predicted octanol–water partition coefficient (Wildman–Crippen LogP) is 7.05. The van der Waals surface area contributed by atoms with E-state index in [9.17, 15) is 19.2 Å². The van der Waals surface area contributed by atoms with Crippen molar-refractivity contribution in [3.05, 3.63) is 84.7 Å². The third kappa shape index (κ3) is 7.71.